The summed E-state index contributed by atoms with van der Waals surface area (Å²) >= 11 is 12.5. The van der Waals surface area contributed by atoms with Crippen molar-refractivity contribution in [3.63, 3.8) is 0 Å². The Bertz CT molecular complexity index is 955. The lowest BCUT2D eigenvalue weighted by molar-refractivity contribution is 0.238. The Kier molecular flexibility index (Phi) is 6.81. The summed E-state index contributed by atoms with van der Waals surface area (Å²) in [7, 11) is 0. The molecule has 3 aromatic rings. The zero-order valence-electron chi connectivity index (χ0n) is 16.5. The third-order valence-corrected chi connectivity index (χ3v) is 6.31. The highest BCUT2D eigenvalue weighted by molar-refractivity contribution is 6.43. The number of fused-ring (bicyclic) bond motifs is 1. The Morgan fingerprint density at radius 1 is 0.793 bits per heavy atom. The number of anilines is 1. The molecule has 0 atom stereocenters. The van der Waals surface area contributed by atoms with Crippen molar-refractivity contribution in [2.24, 2.45) is 0 Å². The molecule has 0 amide bonds. The summed E-state index contributed by atoms with van der Waals surface area (Å²) < 4.78 is 5.95. The van der Waals surface area contributed by atoms with Gasteiger partial charge in [-0.3, -0.25) is 4.90 Å². The second-order valence-electron chi connectivity index (χ2n) is 7.47. The summed E-state index contributed by atoms with van der Waals surface area (Å²) in [4.78, 5) is 4.85. The number of ether oxygens (including phenoxy) is 1. The lowest BCUT2D eigenvalue weighted by Gasteiger charge is -2.36. The second kappa shape index (κ2) is 9.71. The first-order chi connectivity index (χ1) is 14.2. The Balaban J connectivity index is 1.17. The first kappa shape index (κ1) is 20.3. The van der Waals surface area contributed by atoms with E-state index in [0.717, 1.165) is 63.6 Å². The van der Waals surface area contributed by atoms with Gasteiger partial charge in [0.05, 0.1) is 22.3 Å². The Hall–Kier alpha value is -1.94. The van der Waals surface area contributed by atoms with Gasteiger partial charge in [-0.15, -0.1) is 0 Å². The van der Waals surface area contributed by atoms with Gasteiger partial charge in [-0.2, -0.15) is 0 Å². The molecule has 4 rings (SSSR count). The average Bonchev–Trinajstić information content (AvgIpc) is 2.76. The highest BCUT2D eigenvalue weighted by Gasteiger charge is 2.19. The van der Waals surface area contributed by atoms with E-state index < -0.39 is 0 Å². The molecule has 0 saturated carbocycles. The van der Waals surface area contributed by atoms with Gasteiger partial charge in [0.2, 0.25) is 0 Å². The van der Waals surface area contributed by atoms with Gasteiger partial charge in [0.25, 0.3) is 0 Å². The predicted molar refractivity (Wildman–Crippen MR) is 124 cm³/mol. The van der Waals surface area contributed by atoms with Crippen molar-refractivity contribution in [2.75, 3.05) is 44.2 Å². The molecule has 0 bridgehead atoms. The number of hydrogen-bond donors (Lipinski definition) is 0. The van der Waals surface area contributed by atoms with Crippen molar-refractivity contribution in [1.29, 1.82) is 0 Å². The first-order valence-corrected chi connectivity index (χ1v) is 11.0. The van der Waals surface area contributed by atoms with Crippen LogP contribution in [0.5, 0.6) is 5.75 Å². The zero-order valence-corrected chi connectivity index (χ0v) is 18.0. The zero-order chi connectivity index (χ0) is 20.1. The topological polar surface area (TPSA) is 15.7 Å². The van der Waals surface area contributed by atoms with Crippen LogP contribution in [0.2, 0.25) is 10.0 Å². The summed E-state index contributed by atoms with van der Waals surface area (Å²) in [6.45, 7) is 5.93. The summed E-state index contributed by atoms with van der Waals surface area (Å²) in [6.07, 6.45) is 2.21. The minimum absolute atomic E-state index is 0.623. The molecule has 0 unspecified atom stereocenters. The van der Waals surface area contributed by atoms with E-state index in [1.165, 1.54) is 10.8 Å². The molecule has 1 aliphatic rings. The molecule has 0 N–H and O–H groups in total. The maximum absolute atomic E-state index is 6.36. The average molecular weight is 429 g/mol. The third-order valence-electron chi connectivity index (χ3n) is 5.50. The summed E-state index contributed by atoms with van der Waals surface area (Å²) in [5.74, 6) is 0.954. The van der Waals surface area contributed by atoms with E-state index in [1.807, 2.05) is 18.2 Å². The molecule has 29 heavy (non-hydrogen) atoms. The molecule has 0 radical (unpaired) electrons. The minimum Gasteiger partial charge on any atom is -0.494 e. The molecule has 152 valence electrons. The van der Waals surface area contributed by atoms with Gasteiger partial charge in [-0.25, -0.2) is 0 Å². The number of piperazine rings is 1. The maximum atomic E-state index is 6.36. The third kappa shape index (κ3) is 5.16. The molecule has 0 spiro atoms. The molecule has 3 nitrogen and oxygen atoms in total. The lowest BCUT2D eigenvalue weighted by atomic mass is 10.1. The van der Waals surface area contributed by atoms with E-state index in [0.29, 0.717) is 10.0 Å². The Morgan fingerprint density at radius 2 is 1.59 bits per heavy atom. The molecular formula is C24H26Cl2N2O. The van der Waals surface area contributed by atoms with Crippen molar-refractivity contribution in [1.82, 2.24) is 4.90 Å². The van der Waals surface area contributed by atoms with E-state index in [9.17, 15) is 0 Å². The number of halogens is 2. The summed E-state index contributed by atoms with van der Waals surface area (Å²) in [5, 5.41) is 3.76. The molecule has 1 aliphatic heterocycles. The van der Waals surface area contributed by atoms with Crippen molar-refractivity contribution < 1.29 is 4.74 Å². The molecule has 1 heterocycles. The van der Waals surface area contributed by atoms with Crippen LogP contribution in [0, 0.1) is 0 Å². The number of unbranched alkanes of at least 4 members (excludes halogenated alkanes) is 1. The van der Waals surface area contributed by atoms with Crippen molar-refractivity contribution in [2.45, 2.75) is 12.8 Å². The van der Waals surface area contributed by atoms with Crippen LogP contribution in [-0.2, 0) is 0 Å². The van der Waals surface area contributed by atoms with E-state index in [1.54, 1.807) is 0 Å². The monoisotopic (exact) mass is 428 g/mol. The molecule has 1 fully saturated rings. The van der Waals surface area contributed by atoms with E-state index >= 15 is 0 Å². The van der Waals surface area contributed by atoms with Crippen molar-refractivity contribution in [3.8, 4) is 5.75 Å². The minimum atomic E-state index is 0.623. The van der Waals surface area contributed by atoms with Crippen LogP contribution in [0.25, 0.3) is 10.8 Å². The van der Waals surface area contributed by atoms with Gasteiger partial charge in [-0.1, -0.05) is 59.6 Å². The van der Waals surface area contributed by atoms with Gasteiger partial charge in [0.1, 0.15) is 5.75 Å². The fraction of sp³-hybridized carbons (Fsp3) is 0.333. The molecule has 5 heteroatoms. The maximum Gasteiger partial charge on any atom is 0.119 e. The van der Waals surface area contributed by atoms with Gasteiger partial charge >= 0.3 is 0 Å². The Labute approximate surface area is 182 Å². The standard InChI is InChI=1S/C24H26Cl2N2O/c25-22-8-5-9-23(24(22)26)28-15-13-27(14-16-28)12-3-4-17-29-21-11-10-19-6-1-2-7-20(19)18-21/h1-2,5-11,18H,3-4,12-17H2. The van der Waals surface area contributed by atoms with Crippen LogP contribution in [0.4, 0.5) is 5.69 Å². The second-order valence-corrected chi connectivity index (χ2v) is 8.25. The van der Waals surface area contributed by atoms with Gasteiger partial charge < -0.3 is 9.64 Å². The quantitative estimate of drug-likeness (QED) is 0.421. The lowest BCUT2D eigenvalue weighted by Crippen LogP contribution is -2.46. The number of nitrogens with zero attached hydrogens (tertiary/aromatic N) is 2. The van der Waals surface area contributed by atoms with Crippen LogP contribution in [-0.4, -0.2) is 44.2 Å². The fourth-order valence-corrected chi connectivity index (χ4v) is 4.25. The molecule has 0 aliphatic carbocycles. The van der Waals surface area contributed by atoms with Gasteiger partial charge in [0.15, 0.2) is 0 Å². The SMILES string of the molecule is Clc1cccc(N2CCN(CCCCOc3ccc4ccccc4c3)CC2)c1Cl. The van der Waals surface area contributed by atoms with E-state index in [4.69, 9.17) is 27.9 Å². The van der Waals surface area contributed by atoms with E-state index in [-0.39, 0.29) is 0 Å². The summed E-state index contributed by atoms with van der Waals surface area (Å²) in [5.41, 5.74) is 1.04. The molecule has 3 aromatic carbocycles. The van der Waals surface area contributed by atoms with Crippen LogP contribution in [0.3, 0.4) is 0 Å². The normalized spacial score (nSPS) is 15.0. The van der Waals surface area contributed by atoms with Crippen LogP contribution < -0.4 is 9.64 Å². The molecular weight excluding hydrogens is 403 g/mol. The first-order valence-electron chi connectivity index (χ1n) is 10.2. The fourth-order valence-electron chi connectivity index (χ4n) is 3.83. The number of rotatable bonds is 7. The highest BCUT2D eigenvalue weighted by atomic mass is 35.5. The number of hydrogen-bond acceptors (Lipinski definition) is 3. The smallest absolute Gasteiger partial charge is 0.119 e. The largest absolute Gasteiger partial charge is 0.494 e. The molecule has 1 saturated heterocycles. The summed E-state index contributed by atoms with van der Waals surface area (Å²) in [6, 6.07) is 20.5. The number of benzene rings is 3. The molecule has 0 aromatic heterocycles. The predicted octanol–water partition coefficient (Wildman–Crippen LogP) is 6.13. The van der Waals surface area contributed by atoms with Gasteiger partial charge in [-0.05, 0) is 54.4 Å². The Morgan fingerprint density at radius 3 is 2.41 bits per heavy atom. The van der Waals surface area contributed by atoms with E-state index in [2.05, 4.69) is 52.3 Å². The highest BCUT2D eigenvalue weighted by Crippen LogP contribution is 2.32. The van der Waals surface area contributed by atoms with Gasteiger partial charge in [0, 0.05) is 26.2 Å². The van der Waals surface area contributed by atoms with Crippen LogP contribution in [0.1, 0.15) is 12.8 Å². The van der Waals surface area contributed by atoms with Crippen molar-refractivity contribution >= 4 is 39.7 Å². The van der Waals surface area contributed by atoms with Crippen LogP contribution >= 0.6 is 23.2 Å². The van der Waals surface area contributed by atoms with Crippen LogP contribution in [0.15, 0.2) is 60.7 Å². The van der Waals surface area contributed by atoms with Crippen molar-refractivity contribution in [3.05, 3.63) is 70.7 Å².